The Labute approximate surface area is 236 Å². The molecule has 0 unspecified atom stereocenters. The van der Waals surface area contributed by atoms with Crippen LogP contribution in [0.4, 0.5) is 0 Å². The van der Waals surface area contributed by atoms with Crippen LogP contribution in [-0.2, 0) is 0 Å². The van der Waals surface area contributed by atoms with Gasteiger partial charge in [-0.1, -0.05) is 87.7 Å². The number of aromatic amines is 1. The lowest BCUT2D eigenvalue weighted by molar-refractivity contribution is 0.0734. The second kappa shape index (κ2) is 11.2. The summed E-state index contributed by atoms with van der Waals surface area (Å²) in [5.74, 6) is -0.825. The molecule has 5 rings (SSSR count). The quantitative estimate of drug-likeness (QED) is 0.0892. The van der Waals surface area contributed by atoms with Gasteiger partial charge >= 0.3 is 5.97 Å². The second-order valence-corrected chi connectivity index (χ2v) is 9.88. The third kappa shape index (κ3) is 5.36. The molecule has 0 bridgehead atoms. The molecule has 0 fully saturated rings. The monoisotopic (exact) mass is 605 g/mol. The van der Waals surface area contributed by atoms with Crippen LogP contribution < -0.4 is 10.2 Å². The number of fused-ring (bicyclic) bond motifs is 1. The summed E-state index contributed by atoms with van der Waals surface area (Å²) in [5.41, 5.74) is 5.76. The molecule has 1 aromatic heterocycles. The van der Waals surface area contributed by atoms with Gasteiger partial charge < -0.3 is 9.72 Å². The van der Waals surface area contributed by atoms with Gasteiger partial charge in [-0.3, -0.25) is 4.79 Å². The summed E-state index contributed by atoms with van der Waals surface area (Å²) in [6.45, 7) is 0. The highest BCUT2D eigenvalue weighted by Crippen LogP contribution is 2.36. The normalized spacial score (nSPS) is 11.1. The number of carbonyl (C=O) groups excluding carboxylic acids is 2. The Balaban J connectivity index is 1.42. The van der Waals surface area contributed by atoms with Gasteiger partial charge in [0, 0.05) is 37.1 Å². The van der Waals surface area contributed by atoms with Crippen molar-refractivity contribution in [3.8, 4) is 16.9 Å². The minimum Gasteiger partial charge on any atom is -0.422 e. The molecule has 1 amide bonds. The summed E-state index contributed by atoms with van der Waals surface area (Å²) in [5, 5.41) is 5.79. The lowest BCUT2D eigenvalue weighted by atomic mass is 10.0. The van der Waals surface area contributed by atoms with Gasteiger partial charge in [-0.25, -0.2) is 10.2 Å². The lowest BCUT2D eigenvalue weighted by Crippen LogP contribution is -2.19. The molecule has 0 aliphatic rings. The Kier molecular flexibility index (Phi) is 7.60. The number of para-hydroxylation sites is 1. The third-order valence-electron chi connectivity index (χ3n) is 5.71. The second-order valence-electron chi connectivity index (χ2n) is 8.15. The maximum absolute atomic E-state index is 13.3. The van der Waals surface area contributed by atoms with E-state index in [1.165, 1.54) is 6.21 Å². The first-order valence-corrected chi connectivity index (χ1v) is 12.9. The van der Waals surface area contributed by atoms with Gasteiger partial charge in [0.15, 0.2) is 0 Å². The summed E-state index contributed by atoms with van der Waals surface area (Å²) in [6, 6.07) is 26.6. The Hall–Kier alpha value is -3.91. The number of esters is 1. The zero-order valence-electron chi connectivity index (χ0n) is 19.5. The number of halogens is 3. The van der Waals surface area contributed by atoms with Gasteiger partial charge in [-0.15, -0.1) is 0 Å². The number of hydrazone groups is 1. The predicted molar refractivity (Wildman–Crippen MR) is 154 cm³/mol. The van der Waals surface area contributed by atoms with E-state index in [9.17, 15) is 9.59 Å². The highest BCUT2D eigenvalue weighted by molar-refractivity contribution is 9.10. The summed E-state index contributed by atoms with van der Waals surface area (Å²) >= 11 is 16.0. The molecule has 0 saturated heterocycles. The number of hydrogen-bond donors (Lipinski definition) is 2. The number of carbonyl (C=O) groups is 2. The average molecular weight is 607 g/mol. The summed E-state index contributed by atoms with van der Waals surface area (Å²) < 4.78 is 6.31. The zero-order chi connectivity index (χ0) is 26.6. The number of benzene rings is 4. The molecule has 188 valence electrons. The molecule has 1 heterocycles. The van der Waals surface area contributed by atoms with Crippen molar-refractivity contribution in [3.05, 3.63) is 122 Å². The van der Waals surface area contributed by atoms with Crippen LogP contribution in [0.5, 0.6) is 5.75 Å². The highest BCUT2D eigenvalue weighted by Gasteiger charge is 2.20. The smallest absolute Gasteiger partial charge is 0.345 e. The molecular formula is C29H18BrCl2N3O3. The molecule has 9 heteroatoms. The molecule has 0 spiro atoms. The zero-order valence-corrected chi connectivity index (χ0v) is 22.6. The fourth-order valence-corrected chi connectivity index (χ4v) is 4.79. The summed E-state index contributed by atoms with van der Waals surface area (Å²) in [4.78, 5) is 29.1. The van der Waals surface area contributed by atoms with Gasteiger partial charge in [-0.05, 0) is 42.5 Å². The van der Waals surface area contributed by atoms with Crippen LogP contribution in [0.2, 0.25) is 10.0 Å². The van der Waals surface area contributed by atoms with E-state index in [1.807, 2.05) is 42.5 Å². The van der Waals surface area contributed by atoms with Crippen LogP contribution in [0.3, 0.4) is 0 Å². The topological polar surface area (TPSA) is 83.5 Å². The van der Waals surface area contributed by atoms with Crippen molar-refractivity contribution in [3.63, 3.8) is 0 Å². The third-order valence-corrected chi connectivity index (χ3v) is 6.87. The molecule has 0 aliphatic carbocycles. The minimum absolute atomic E-state index is 0.235. The van der Waals surface area contributed by atoms with Crippen LogP contribution in [0.25, 0.3) is 22.0 Å². The van der Waals surface area contributed by atoms with E-state index in [0.717, 1.165) is 20.9 Å². The van der Waals surface area contributed by atoms with Gasteiger partial charge in [0.2, 0.25) is 0 Å². The van der Waals surface area contributed by atoms with Crippen molar-refractivity contribution < 1.29 is 14.3 Å². The fourth-order valence-electron chi connectivity index (χ4n) is 3.97. The lowest BCUT2D eigenvalue weighted by Gasteiger charge is -2.09. The number of nitrogens with one attached hydrogen (secondary N) is 2. The predicted octanol–water partition coefficient (Wildman–Crippen LogP) is 7.89. The van der Waals surface area contributed by atoms with Crippen molar-refractivity contribution in [2.75, 3.05) is 0 Å². The molecule has 0 atom stereocenters. The number of nitrogens with zero attached hydrogens (tertiary/aromatic N) is 1. The SMILES string of the molecule is O=C(Oc1ccc(Br)cc1C=NNC(=O)c1[nH]c2ccccc2c1-c1ccccc1Cl)c1ccccc1Cl. The molecule has 38 heavy (non-hydrogen) atoms. The Morgan fingerprint density at radius 2 is 1.61 bits per heavy atom. The van der Waals surface area contributed by atoms with Gasteiger partial charge in [0.25, 0.3) is 5.91 Å². The summed E-state index contributed by atoms with van der Waals surface area (Å²) in [6.07, 6.45) is 1.40. The van der Waals surface area contributed by atoms with Crippen LogP contribution >= 0.6 is 39.1 Å². The maximum Gasteiger partial charge on any atom is 0.345 e. The van der Waals surface area contributed by atoms with E-state index >= 15 is 0 Å². The van der Waals surface area contributed by atoms with Crippen LogP contribution in [0, 0.1) is 0 Å². The van der Waals surface area contributed by atoms with Crippen molar-refractivity contribution in [1.82, 2.24) is 10.4 Å². The Bertz CT molecular complexity index is 1710. The minimum atomic E-state index is -0.612. The molecule has 0 radical (unpaired) electrons. The van der Waals surface area contributed by atoms with Crippen molar-refractivity contribution in [2.24, 2.45) is 5.10 Å². The van der Waals surface area contributed by atoms with Crippen LogP contribution in [-0.4, -0.2) is 23.1 Å². The van der Waals surface area contributed by atoms with E-state index in [0.29, 0.717) is 21.8 Å². The number of hydrogen-bond acceptors (Lipinski definition) is 4. The maximum atomic E-state index is 13.3. The van der Waals surface area contributed by atoms with E-state index in [4.69, 9.17) is 27.9 Å². The van der Waals surface area contributed by atoms with E-state index in [2.05, 4.69) is 31.4 Å². The number of aromatic nitrogens is 1. The fraction of sp³-hybridized carbons (Fsp3) is 0. The largest absolute Gasteiger partial charge is 0.422 e. The van der Waals surface area contributed by atoms with Crippen molar-refractivity contribution in [2.45, 2.75) is 0 Å². The molecule has 0 aliphatic heterocycles. The molecule has 2 N–H and O–H groups in total. The highest BCUT2D eigenvalue weighted by atomic mass is 79.9. The van der Waals surface area contributed by atoms with Gasteiger partial charge in [0.1, 0.15) is 11.4 Å². The molecule has 4 aromatic carbocycles. The van der Waals surface area contributed by atoms with Crippen molar-refractivity contribution >= 4 is 68.1 Å². The number of amides is 1. The average Bonchev–Trinajstić information content (AvgIpc) is 3.30. The number of H-pyrrole nitrogens is 1. The van der Waals surface area contributed by atoms with E-state index in [1.54, 1.807) is 48.5 Å². The number of rotatable bonds is 6. The molecule has 5 aromatic rings. The molecule has 6 nitrogen and oxygen atoms in total. The standard InChI is InChI=1S/C29H18BrCl2N3O3/c30-18-13-14-25(38-29(37)20-8-2-5-11-23(20)32)17(15-18)16-33-35-28(36)27-26(19-7-1-4-10-22(19)31)21-9-3-6-12-24(21)34-27/h1-16,34H,(H,35,36). The van der Waals surface area contributed by atoms with Gasteiger partial charge in [0.05, 0.1) is 16.8 Å². The van der Waals surface area contributed by atoms with E-state index in [-0.39, 0.29) is 16.3 Å². The Morgan fingerprint density at radius 1 is 0.895 bits per heavy atom. The first-order chi connectivity index (χ1) is 18.4. The van der Waals surface area contributed by atoms with E-state index < -0.39 is 11.9 Å². The molecular weight excluding hydrogens is 589 g/mol. The first kappa shape index (κ1) is 25.7. The summed E-state index contributed by atoms with van der Waals surface area (Å²) in [7, 11) is 0. The molecule has 0 saturated carbocycles. The van der Waals surface area contributed by atoms with Crippen molar-refractivity contribution in [1.29, 1.82) is 0 Å². The number of ether oxygens (including phenoxy) is 1. The Morgan fingerprint density at radius 3 is 2.39 bits per heavy atom. The van der Waals surface area contributed by atoms with Crippen LogP contribution in [0.1, 0.15) is 26.4 Å². The van der Waals surface area contributed by atoms with Crippen LogP contribution in [0.15, 0.2) is 101 Å². The van der Waals surface area contributed by atoms with Gasteiger partial charge in [-0.2, -0.15) is 5.10 Å². The first-order valence-electron chi connectivity index (χ1n) is 11.4.